The van der Waals surface area contributed by atoms with Crippen molar-refractivity contribution in [2.24, 2.45) is 5.73 Å². The Kier molecular flexibility index (Phi) is 2.87. The molecule has 0 bridgehead atoms. The van der Waals surface area contributed by atoms with Crippen molar-refractivity contribution in [2.45, 2.75) is 12.5 Å². The summed E-state index contributed by atoms with van der Waals surface area (Å²) in [5.74, 6) is -0.860. The average Bonchev–Trinajstić information content (AvgIpc) is 2.08. The van der Waals surface area contributed by atoms with Crippen LogP contribution in [0.25, 0.3) is 0 Å². The number of phenols is 1. The van der Waals surface area contributed by atoms with Gasteiger partial charge in [-0.2, -0.15) is 0 Å². The highest BCUT2D eigenvalue weighted by Gasteiger charge is 2.11. The molecule has 0 spiro atoms. The lowest BCUT2D eigenvalue weighted by Crippen LogP contribution is -2.32. The van der Waals surface area contributed by atoms with Crippen molar-refractivity contribution in [3.8, 4) is 5.75 Å². The molecule has 70 valence electrons. The minimum atomic E-state index is -1.02. The lowest BCUT2D eigenvalue weighted by Gasteiger charge is -2.05. The first kappa shape index (κ1) is 9.54. The van der Waals surface area contributed by atoms with Crippen molar-refractivity contribution in [3.05, 3.63) is 29.8 Å². The monoisotopic (exact) mass is 190 g/mol. The molecule has 1 rings (SSSR count). The molecule has 0 aliphatic carbocycles. The number of benzene rings is 1. The van der Waals surface area contributed by atoms with Crippen molar-refractivity contribution in [2.75, 3.05) is 0 Å². The van der Waals surface area contributed by atoms with Crippen LogP contribution >= 0.6 is 0 Å². The third kappa shape index (κ3) is 2.76. The zero-order valence-corrected chi connectivity index (χ0v) is 6.97. The number of phenolic OH excluding ortho intramolecular Hbond substituents is 1. The molecule has 1 atom stereocenters. The van der Waals surface area contributed by atoms with Gasteiger partial charge >= 0.3 is 5.97 Å². The molecule has 0 amide bonds. The maximum absolute atomic E-state index is 10.4. The molecule has 4 heteroatoms. The number of carboxylic acid groups (broad SMARTS) is 1. The molecule has 0 aliphatic rings. The smallest absolute Gasteiger partial charge is 0.320 e. The van der Waals surface area contributed by atoms with Crippen LogP contribution in [-0.2, 0) is 11.2 Å². The first-order chi connectivity index (χ1) is 6.09. The van der Waals surface area contributed by atoms with E-state index in [1.165, 1.54) is 12.1 Å². The van der Waals surface area contributed by atoms with E-state index in [1.807, 2.05) is 0 Å². The third-order valence-corrected chi connectivity index (χ3v) is 1.71. The fourth-order valence-corrected chi connectivity index (χ4v) is 0.973. The van der Waals surface area contributed by atoms with E-state index < -0.39 is 12.0 Å². The van der Waals surface area contributed by atoms with E-state index in [9.17, 15) is 4.79 Å². The fraction of sp³-hybridized carbons (Fsp3) is 0.222. The van der Waals surface area contributed by atoms with Crippen LogP contribution in [0.5, 0.6) is 5.75 Å². The molecule has 0 fully saturated rings. The second kappa shape index (κ2) is 3.91. The predicted molar refractivity (Wildman–Crippen MR) is 47.4 cm³/mol. The fourth-order valence-electron chi connectivity index (χ4n) is 0.973. The normalized spacial score (nSPS) is 12.4. The molecule has 0 heterocycles. The van der Waals surface area contributed by atoms with E-state index in [0.29, 0.717) is 0 Å². The summed E-state index contributed by atoms with van der Waals surface area (Å²) in [6, 6.07) is 5.42. The van der Waals surface area contributed by atoms with Gasteiger partial charge in [0.2, 0.25) is 0 Å². The van der Waals surface area contributed by atoms with Gasteiger partial charge in [-0.25, -0.2) is 0 Å². The minimum absolute atomic E-state index is 0.160. The Morgan fingerprint density at radius 1 is 1.38 bits per heavy atom. The molecule has 0 saturated heterocycles. The third-order valence-electron chi connectivity index (χ3n) is 1.71. The van der Waals surface area contributed by atoms with Crippen LogP contribution in [0.4, 0.5) is 0 Å². The Morgan fingerprint density at radius 3 is 2.38 bits per heavy atom. The zero-order valence-electron chi connectivity index (χ0n) is 6.97. The molecule has 1 aromatic carbocycles. The molecular formula is C9H11NO3. The van der Waals surface area contributed by atoms with Gasteiger partial charge in [0, 0.05) is 0 Å². The van der Waals surface area contributed by atoms with Crippen molar-refractivity contribution in [3.63, 3.8) is 0 Å². The number of nitrogens with two attached hydrogens (primary N) is 1. The number of aliphatic carboxylic acids is 1. The molecule has 1 aromatic rings. The predicted octanol–water partition coefficient (Wildman–Crippen LogP) is 0.347. The average molecular weight is 190 g/mol. The second-order valence-electron chi connectivity index (χ2n) is 2.82. The van der Waals surface area contributed by atoms with E-state index in [0.717, 1.165) is 5.56 Å². The van der Waals surface area contributed by atoms with Crippen LogP contribution < -0.4 is 5.73 Å². The van der Waals surface area contributed by atoms with Gasteiger partial charge in [0.05, 0.1) is 0 Å². The second-order valence-corrected chi connectivity index (χ2v) is 2.82. The van der Waals surface area contributed by atoms with Crippen LogP contribution in [0, 0.1) is 0 Å². The Labute approximate surface area is 75.6 Å². The van der Waals surface area contributed by atoms with E-state index in [4.69, 9.17) is 15.9 Å². The van der Waals surface area contributed by atoms with Crippen LogP contribution in [-0.4, -0.2) is 22.2 Å². The highest BCUT2D eigenvalue weighted by molar-refractivity contribution is 5.73. The quantitative estimate of drug-likeness (QED) is 0.600. The summed E-state index contributed by atoms with van der Waals surface area (Å²) in [5.41, 5.74) is 6.12. The van der Waals surface area contributed by atoms with E-state index in [-0.39, 0.29) is 12.2 Å². The minimum Gasteiger partial charge on any atom is -0.508 e. The van der Waals surface area contributed by atoms with Gasteiger partial charge < -0.3 is 15.9 Å². The van der Waals surface area contributed by atoms with Crippen LogP contribution in [0.1, 0.15) is 5.56 Å². The Balaban J connectivity index is 2.64. The first-order valence-corrected chi connectivity index (χ1v) is 3.86. The topological polar surface area (TPSA) is 83.5 Å². The van der Waals surface area contributed by atoms with Gasteiger partial charge in [-0.1, -0.05) is 12.1 Å². The van der Waals surface area contributed by atoms with Gasteiger partial charge in [0.25, 0.3) is 0 Å². The van der Waals surface area contributed by atoms with Crippen molar-refractivity contribution >= 4 is 5.97 Å². The van der Waals surface area contributed by atoms with Crippen LogP contribution in [0.15, 0.2) is 24.3 Å². The number of rotatable bonds is 3. The van der Waals surface area contributed by atoms with E-state index in [2.05, 4.69) is 0 Å². The maximum Gasteiger partial charge on any atom is 0.320 e. The summed E-state index contributed by atoms with van der Waals surface area (Å²) < 4.78 is 0. The lowest BCUT2D eigenvalue weighted by molar-refractivity contribution is -0.138. The Morgan fingerprint density at radius 2 is 1.92 bits per heavy atom. The van der Waals surface area contributed by atoms with Crippen molar-refractivity contribution < 1.29 is 15.0 Å². The zero-order chi connectivity index (χ0) is 9.84. The number of hydrogen-bond acceptors (Lipinski definition) is 3. The summed E-state index contributed by atoms with van der Waals surface area (Å²) in [4.78, 5) is 10.4. The van der Waals surface area contributed by atoms with Gasteiger partial charge in [-0.3, -0.25) is 4.79 Å². The van der Waals surface area contributed by atoms with Gasteiger partial charge in [0.15, 0.2) is 0 Å². The van der Waals surface area contributed by atoms with Gasteiger partial charge in [-0.15, -0.1) is 0 Å². The summed E-state index contributed by atoms with van der Waals surface area (Å²) in [6.07, 6.45) is 0.273. The summed E-state index contributed by atoms with van der Waals surface area (Å²) in [7, 11) is 0. The van der Waals surface area contributed by atoms with Crippen molar-refractivity contribution in [1.82, 2.24) is 0 Å². The number of carbonyl (C=O) groups is 1. The Bertz CT molecular complexity index is 294. The molecule has 1 unspecified atom stereocenters. The molecule has 0 radical (unpaired) electrons. The van der Waals surface area contributed by atoms with Gasteiger partial charge in [0.1, 0.15) is 11.8 Å². The molecule has 4 N–H and O–H groups in total. The SMILES string of the molecule is N[13CH]([13CH2][13c]1[13cH][13cH][13c](O)[13cH][13cH]1)[13C](=O)O. The maximum atomic E-state index is 10.4. The first-order valence-electron chi connectivity index (χ1n) is 3.86. The van der Waals surface area contributed by atoms with Crippen LogP contribution in [0.3, 0.4) is 0 Å². The Hall–Kier alpha value is -1.55. The van der Waals surface area contributed by atoms with E-state index >= 15 is 0 Å². The molecular weight excluding hydrogens is 179 g/mol. The summed E-state index contributed by atoms with van der Waals surface area (Å²) >= 11 is 0. The highest BCUT2D eigenvalue weighted by atomic mass is 16.5. The molecule has 13 heavy (non-hydrogen) atoms. The molecule has 4 nitrogen and oxygen atoms in total. The number of hydrogen-bond donors (Lipinski definition) is 3. The molecule has 0 saturated carbocycles. The largest absolute Gasteiger partial charge is 0.508 e. The van der Waals surface area contributed by atoms with Crippen LogP contribution in [0.2, 0.25) is 0 Å². The van der Waals surface area contributed by atoms with Gasteiger partial charge in [-0.05, 0) is 24.1 Å². The highest BCUT2D eigenvalue weighted by Crippen LogP contribution is 2.10. The van der Waals surface area contributed by atoms with Crippen molar-refractivity contribution in [1.29, 1.82) is 0 Å². The number of aromatic hydroxyl groups is 1. The molecule has 0 aromatic heterocycles. The number of carboxylic acids is 1. The standard InChI is InChI=1S/C9H11NO3/c10-8(9(12)13)5-6-1-3-7(11)4-2-6/h1-4,8,11H,5,10H2,(H,12,13)/i1+1,2+1,3+1,4+1,5+1,6+1,7+1,8+1,9+1. The van der Waals surface area contributed by atoms with E-state index in [1.54, 1.807) is 12.1 Å². The molecule has 0 aliphatic heterocycles. The lowest BCUT2D eigenvalue weighted by atomic mass is 11.0. The summed E-state index contributed by atoms with van der Waals surface area (Å²) in [6.45, 7) is 0. The summed E-state index contributed by atoms with van der Waals surface area (Å²) in [5, 5.41) is 17.5.